The first-order valence-electron chi connectivity index (χ1n) is 26.4. The molecule has 6 saturated carbocycles. The van der Waals surface area contributed by atoms with Crippen LogP contribution in [-0.4, -0.2) is 15.0 Å². The van der Waals surface area contributed by atoms with Crippen LogP contribution in [0.15, 0.2) is 206 Å². The Kier molecular flexibility index (Phi) is 9.51. The van der Waals surface area contributed by atoms with Crippen LogP contribution < -0.4 is 4.90 Å². The fraction of sp³-hybridized carbons (Fsp3) is 0.239. The van der Waals surface area contributed by atoms with E-state index in [9.17, 15) is 0 Å². The number of aromatic nitrogens is 3. The summed E-state index contributed by atoms with van der Waals surface area (Å²) >= 11 is 0. The molecule has 0 amide bonds. The van der Waals surface area contributed by atoms with Crippen LogP contribution >= 0.6 is 0 Å². The molecule has 0 radical (unpaired) electrons. The van der Waals surface area contributed by atoms with Crippen molar-refractivity contribution < 1.29 is 0 Å². The lowest BCUT2D eigenvalue weighted by Crippen LogP contribution is -2.59. The molecule has 0 saturated heterocycles. The fourth-order valence-electron chi connectivity index (χ4n) is 15.9. The van der Waals surface area contributed by atoms with Gasteiger partial charge in [0.2, 0.25) is 0 Å². The van der Waals surface area contributed by atoms with Crippen molar-refractivity contribution in [2.24, 2.45) is 47.3 Å². The van der Waals surface area contributed by atoms with Gasteiger partial charge < -0.3 is 4.90 Å². The molecular formula is C67H56N4. The number of fused-ring (bicyclic) bond motifs is 3. The lowest BCUT2D eigenvalue weighted by Gasteiger charge is -2.64. The smallest absolute Gasteiger partial charge is 0.164 e. The monoisotopic (exact) mass is 916 g/mol. The third kappa shape index (κ3) is 6.52. The van der Waals surface area contributed by atoms with Crippen LogP contribution in [0.2, 0.25) is 0 Å². The predicted octanol–water partition coefficient (Wildman–Crippen LogP) is 16.7. The minimum Gasteiger partial charge on any atom is -0.310 e. The number of hydrogen-bond donors (Lipinski definition) is 0. The summed E-state index contributed by atoms with van der Waals surface area (Å²) in [7, 11) is 0. The Balaban J connectivity index is 0.906. The Morgan fingerprint density at radius 3 is 1.34 bits per heavy atom. The van der Waals surface area contributed by atoms with Gasteiger partial charge in [-0.25, -0.2) is 15.0 Å². The molecular weight excluding hydrogens is 861 g/mol. The van der Waals surface area contributed by atoms with Gasteiger partial charge in [0.25, 0.3) is 0 Å². The van der Waals surface area contributed by atoms with E-state index in [1.54, 1.807) is 11.1 Å². The molecule has 9 aromatic rings. The molecule has 6 aliphatic carbocycles. The van der Waals surface area contributed by atoms with Crippen molar-refractivity contribution >= 4 is 17.1 Å². The van der Waals surface area contributed by atoms with Crippen molar-refractivity contribution in [3.05, 3.63) is 217 Å². The van der Waals surface area contributed by atoms with Gasteiger partial charge in [-0.2, -0.15) is 0 Å². The predicted molar refractivity (Wildman–Crippen MR) is 288 cm³/mol. The minimum absolute atomic E-state index is 0.0805. The van der Waals surface area contributed by atoms with E-state index in [1.165, 1.54) is 84.1 Å². The number of anilines is 3. The molecule has 71 heavy (non-hydrogen) atoms. The molecule has 1 aromatic heterocycles. The molecule has 4 nitrogen and oxygen atoms in total. The summed E-state index contributed by atoms with van der Waals surface area (Å²) in [5.41, 5.74) is 17.4. The van der Waals surface area contributed by atoms with E-state index >= 15 is 0 Å². The normalized spacial score (nSPS) is 24.9. The average Bonchev–Trinajstić information content (AvgIpc) is 3.67. The van der Waals surface area contributed by atoms with Gasteiger partial charge in [0.05, 0.1) is 11.4 Å². The molecule has 0 N–H and O–H groups in total. The fourth-order valence-corrected chi connectivity index (χ4v) is 15.9. The quantitative estimate of drug-likeness (QED) is 0.160. The van der Waals surface area contributed by atoms with Gasteiger partial charge in [-0.05, 0) is 179 Å². The molecule has 1 aliphatic heterocycles. The Morgan fingerprint density at radius 2 is 0.789 bits per heavy atom. The number of hydrogen-bond acceptors (Lipinski definition) is 4. The Labute approximate surface area is 417 Å². The molecule has 7 aliphatic rings. The summed E-state index contributed by atoms with van der Waals surface area (Å²) in [6.45, 7) is 0. The van der Waals surface area contributed by atoms with Crippen LogP contribution in [0.1, 0.15) is 56.1 Å². The molecule has 344 valence electrons. The zero-order valence-corrected chi connectivity index (χ0v) is 40.0. The summed E-state index contributed by atoms with van der Waals surface area (Å²) in [4.78, 5) is 18.1. The van der Waals surface area contributed by atoms with Crippen molar-refractivity contribution in [3.63, 3.8) is 0 Å². The van der Waals surface area contributed by atoms with Crippen LogP contribution in [0.4, 0.5) is 17.1 Å². The maximum atomic E-state index is 5.21. The standard InChI is InChI=1S/C67H56N4/c1-5-13-43(14-6-1)46-23-25-48(26-24-46)65-68-64(47-19-11-4-12-20-47)69-66(70-65)49-27-31-55(32-28-49)71-61-33-29-50(44-15-7-2-8-16-44)39-59(61)67(60-40-51(30-34-62(60)71)45-17-9-3-10-18-45)54-38-53-37-52-22-21-42-35-56(53)57(41-54)58(36-42)63(52)67/h1-20,23-34,39-40,42,52-54,56-58,63H,21-22,35-38,41H2. The highest BCUT2D eigenvalue weighted by Gasteiger charge is 2.68. The summed E-state index contributed by atoms with van der Waals surface area (Å²) in [5.74, 6) is 8.36. The van der Waals surface area contributed by atoms with Gasteiger partial charge in [-0.15, -0.1) is 0 Å². The molecule has 2 heterocycles. The van der Waals surface area contributed by atoms with Crippen molar-refractivity contribution in [2.75, 3.05) is 4.90 Å². The number of rotatable bonds is 7. The van der Waals surface area contributed by atoms with Gasteiger partial charge in [0, 0.05) is 27.8 Å². The SMILES string of the molecule is c1ccc(-c2ccc(-c3nc(-c4ccccc4)nc(-c4ccc(N5c6ccc(-c7ccccc7)cc6C6(c7cc(-c8ccccc8)ccc75)C5CC7CC8CCC9CC7C(C5)C(C9)C86)cc4)n3)cc2)cc1. The largest absolute Gasteiger partial charge is 0.310 e. The highest BCUT2D eigenvalue weighted by Crippen LogP contribution is 2.75. The van der Waals surface area contributed by atoms with E-state index in [-0.39, 0.29) is 5.41 Å². The third-order valence-electron chi connectivity index (χ3n) is 18.6. The first-order chi connectivity index (χ1) is 35.1. The maximum absolute atomic E-state index is 5.21. The Hall–Kier alpha value is -7.43. The Morgan fingerprint density at radius 1 is 0.352 bits per heavy atom. The summed E-state index contributed by atoms with van der Waals surface area (Å²) in [5, 5.41) is 0. The van der Waals surface area contributed by atoms with E-state index in [1.807, 2.05) is 18.2 Å². The zero-order chi connectivity index (χ0) is 46.6. The topological polar surface area (TPSA) is 41.9 Å². The van der Waals surface area contributed by atoms with Gasteiger partial charge >= 0.3 is 0 Å². The first kappa shape index (κ1) is 41.4. The second kappa shape index (κ2) is 16.3. The molecule has 8 unspecified atom stereocenters. The third-order valence-corrected chi connectivity index (χ3v) is 18.6. The average molecular weight is 917 g/mol. The van der Waals surface area contributed by atoms with Crippen molar-refractivity contribution in [1.29, 1.82) is 0 Å². The summed E-state index contributed by atoms with van der Waals surface area (Å²) < 4.78 is 0. The van der Waals surface area contributed by atoms with Crippen molar-refractivity contribution in [2.45, 2.75) is 50.4 Å². The molecule has 8 atom stereocenters. The van der Waals surface area contributed by atoms with Gasteiger partial charge in [0.1, 0.15) is 0 Å². The zero-order valence-electron chi connectivity index (χ0n) is 40.0. The Bertz CT molecular complexity index is 3350. The van der Waals surface area contributed by atoms with E-state index in [2.05, 4.69) is 193 Å². The molecule has 16 rings (SSSR count). The summed E-state index contributed by atoms with van der Waals surface area (Å²) in [6, 6.07) is 76.0. The second-order valence-corrected chi connectivity index (χ2v) is 21.9. The molecule has 4 heteroatoms. The first-order valence-corrected chi connectivity index (χ1v) is 26.4. The minimum atomic E-state index is -0.0805. The lowest BCUT2D eigenvalue weighted by atomic mass is 9.41. The van der Waals surface area contributed by atoms with Gasteiger partial charge in [-0.1, -0.05) is 164 Å². The highest BCUT2D eigenvalue weighted by atomic mass is 15.2. The van der Waals surface area contributed by atoms with Crippen LogP contribution in [0, 0.1) is 47.3 Å². The van der Waals surface area contributed by atoms with E-state index < -0.39 is 0 Å². The molecule has 1 spiro atoms. The van der Waals surface area contributed by atoms with E-state index in [4.69, 9.17) is 15.0 Å². The number of benzene rings is 8. The summed E-state index contributed by atoms with van der Waals surface area (Å²) in [6.07, 6.45) is 9.92. The second-order valence-electron chi connectivity index (χ2n) is 21.9. The number of nitrogens with zero attached hydrogens (tertiary/aromatic N) is 4. The van der Waals surface area contributed by atoms with Crippen LogP contribution in [0.5, 0.6) is 0 Å². The van der Waals surface area contributed by atoms with Crippen molar-refractivity contribution in [1.82, 2.24) is 15.0 Å². The van der Waals surface area contributed by atoms with Crippen molar-refractivity contribution in [3.8, 4) is 67.5 Å². The molecule has 8 bridgehead atoms. The van der Waals surface area contributed by atoms with Crippen LogP contribution in [0.3, 0.4) is 0 Å². The van der Waals surface area contributed by atoms with Crippen LogP contribution in [0.25, 0.3) is 67.5 Å². The maximum Gasteiger partial charge on any atom is 0.164 e. The van der Waals surface area contributed by atoms with E-state index in [0.29, 0.717) is 29.3 Å². The van der Waals surface area contributed by atoms with Crippen LogP contribution in [-0.2, 0) is 5.41 Å². The lowest BCUT2D eigenvalue weighted by molar-refractivity contribution is -0.0759. The van der Waals surface area contributed by atoms with Gasteiger partial charge in [-0.3, -0.25) is 0 Å². The molecule has 8 aromatic carbocycles. The highest BCUT2D eigenvalue weighted by molar-refractivity contribution is 5.90. The van der Waals surface area contributed by atoms with Gasteiger partial charge in [0.15, 0.2) is 17.5 Å². The van der Waals surface area contributed by atoms with E-state index in [0.717, 1.165) is 63.4 Å². The molecule has 6 fully saturated rings.